The van der Waals surface area contributed by atoms with Crippen molar-refractivity contribution in [3.05, 3.63) is 138 Å². The largest absolute Gasteiger partial charge is 0.510 e. The first-order valence-electron chi connectivity index (χ1n) is 17.8. The fourth-order valence-corrected chi connectivity index (χ4v) is 6.76. The predicted octanol–water partition coefficient (Wildman–Crippen LogP) is 10.9. The van der Waals surface area contributed by atoms with E-state index in [1.165, 1.54) is 16.7 Å². The van der Waals surface area contributed by atoms with Crippen molar-refractivity contribution < 1.29 is 30.4 Å². The maximum Gasteiger partial charge on any atom is 0.267 e. The van der Waals surface area contributed by atoms with Crippen LogP contribution in [0.25, 0.3) is 39.0 Å². The summed E-state index contributed by atoms with van der Waals surface area (Å²) in [5.41, 5.74) is 10.1. The van der Waals surface area contributed by atoms with E-state index in [9.17, 15) is 0 Å². The van der Waals surface area contributed by atoms with Gasteiger partial charge < -0.3 is 13.9 Å². The van der Waals surface area contributed by atoms with Gasteiger partial charge in [0.1, 0.15) is 5.82 Å². The number of imidazole rings is 1. The maximum absolute atomic E-state index is 6.50. The summed E-state index contributed by atoms with van der Waals surface area (Å²) in [5.74, 6) is 2.08. The summed E-state index contributed by atoms with van der Waals surface area (Å²) < 4.78 is 13.0. The Kier molecular flexibility index (Phi) is 9.68. The van der Waals surface area contributed by atoms with Gasteiger partial charge in [-0.05, 0) is 82.1 Å². The third kappa shape index (κ3) is 6.88. The number of hydrogen-bond donors (Lipinski definition) is 0. The molecule has 7 aromatic rings. The molecule has 0 radical (unpaired) electrons. The summed E-state index contributed by atoms with van der Waals surface area (Å²) in [6.07, 6.45) is 5.55. The standard InChI is InChI=1S/C46H48N4O.Pt/c1-30-31(2)49(41-22-19-32(44(3,4)5)25-39(41)46(9,10)11)29-48(30)34-15-14-16-35(27-34)51-36-20-21-38-37-17-12-13-18-40(37)50(42(38)28-36)43-26-33(23-24-47-43)45(6,7)8;/h12-26H,1-11H3;/q-2;. The minimum atomic E-state index is -0.0471. The second-order valence-corrected chi connectivity index (χ2v) is 16.8. The van der Waals surface area contributed by atoms with Gasteiger partial charge in [0.25, 0.3) is 6.33 Å². The van der Waals surface area contributed by atoms with Gasteiger partial charge in [0, 0.05) is 50.0 Å². The Morgan fingerprint density at radius 1 is 0.673 bits per heavy atom. The number of fused-ring (bicyclic) bond motifs is 3. The summed E-state index contributed by atoms with van der Waals surface area (Å²) in [4.78, 5) is 4.81. The average molecular weight is 868 g/mol. The quantitative estimate of drug-likeness (QED) is 0.128. The molecule has 270 valence electrons. The molecule has 0 aliphatic heterocycles. The number of pyridine rings is 1. The van der Waals surface area contributed by atoms with E-state index in [1.807, 2.05) is 30.5 Å². The molecule has 6 heteroatoms. The van der Waals surface area contributed by atoms with Crippen LogP contribution in [0, 0.1) is 32.3 Å². The van der Waals surface area contributed by atoms with Crippen LogP contribution >= 0.6 is 0 Å². The molecule has 0 saturated heterocycles. The first-order valence-corrected chi connectivity index (χ1v) is 17.8. The van der Waals surface area contributed by atoms with E-state index in [2.05, 4.69) is 169 Å². The van der Waals surface area contributed by atoms with Crippen molar-refractivity contribution in [1.82, 2.24) is 14.1 Å². The summed E-state index contributed by atoms with van der Waals surface area (Å²) in [5, 5.41) is 2.25. The first-order chi connectivity index (χ1) is 24.0. The van der Waals surface area contributed by atoms with Crippen molar-refractivity contribution in [2.45, 2.75) is 92.4 Å². The molecule has 0 aliphatic carbocycles. The van der Waals surface area contributed by atoms with Crippen LogP contribution in [0.2, 0.25) is 0 Å². The third-order valence-corrected chi connectivity index (χ3v) is 9.92. The van der Waals surface area contributed by atoms with E-state index in [0.29, 0.717) is 11.5 Å². The predicted molar refractivity (Wildman–Crippen MR) is 208 cm³/mol. The van der Waals surface area contributed by atoms with Crippen LogP contribution in [0.15, 0.2) is 91.1 Å². The molecule has 0 atom stereocenters. The third-order valence-electron chi connectivity index (χ3n) is 9.92. The smallest absolute Gasteiger partial charge is 0.267 e. The number of nitrogens with zero attached hydrogens (tertiary/aromatic N) is 4. The van der Waals surface area contributed by atoms with Gasteiger partial charge in [-0.2, -0.15) is 18.2 Å². The molecular formula is C46H48N4OPt-2. The minimum absolute atomic E-state index is 0. The molecule has 52 heavy (non-hydrogen) atoms. The number of hydrogen-bond acceptors (Lipinski definition) is 2. The summed E-state index contributed by atoms with van der Waals surface area (Å²) in [6, 6.07) is 36.8. The van der Waals surface area contributed by atoms with E-state index < -0.39 is 0 Å². The van der Waals surface area contributed by atoms with Crippen molar-refractivity contribution >= 4 is 21.8 Å². The van der Waals surface area contributed by atoms with Crippen LogP contribution in [0.3, 0.4) is 0 Å². The minimum Gasteiger partial charge on any atom is -0.510 e. The summed E-state index contributed by atoms with van der Waals surface area (Å²) in [6.45, 7) is 24.6. The molecule has 7 rings (SSSR count). The van der Waals surface area contributed by atoms with Crippen LogP contribution in [0.5, 0.6) is 11.5 Å². The molecule has 5 nitrogen and oxygen atoms in total. The zero-order valence-electron chi connectivity index (χ0n) is 32.2. The SMILES string of the molecule is Cc1c(C)[n+](-c2ccc(C(C)(C)C)cc2C(C)(C)C)[c-]n1-c1[c-]c(Oc2[c-]c3c(cc2)c2ccccc2n3-c2cc(C(C)(C)C)ccn2)ccc1.[Pt]. The molecule has 0 bridgehead atoms. The van der Waals surface area contributed by atoms with E-state index in [-0.39, 0.29) is 37.3 Å². The normalized spacial score (nSPS) is 12.4. The Morgan fingerprint density at radius 2 is 1.37 bits per heavy atom. The van der Waals surface area contributed by atoms with Crippen LogP contribution in [-0.2, 0) is 37.3 Å². The molecule has 0 amide bonds. The Hall–Kier alpha value is -4.47. The van der Waals surface area contributed by atoms with Gasteiger partial charge in [0.05, 0.1) is 11.4 Å². The molecular weight excluding hydrogens is 820 g/mol. The van der Waals surface area contributed by atoms with E-state index in [0.717, 1.165) is 50.4 Å². The Balaban J connectivity index is 0.00000464. The number of benzene rings is 4. The number of aromatic nitrogens is 4. The molecule has 0 N–H and O–H groups in total. The monoisotopic (exact) mass is 867 g/mol. The van der Waals surface area contributed by atoms with Gasteiger partial charge in [-0.3, -0.25) is 4.57 Å². The number of para-hydroxylation sites is 1. The van der Waals surface area contributed by atoms with Crippen molar-refractivity contribution in [2.24, 2.45) is 0 Å². The molecule has 0 spiro atoms. The summed E-state index contributed by atoms with van der Waals surface area (Å²) >= 11 is 0. The van der Waals surface area contributed by atoms with Gasteiger partial charge in [-0.15, -0.1) is 29.7 Å². The summed E-state index contributed by atoms with van der Waals surface area (Å²) in [7, 11) is 0. The van der Waals surface area contributed by atoms with E-state index in [1.54, 1.807) is 0 Å². The van der Waals surface area contributed by atoms with Crippen molar-refractivity contribution in [3.63, 3.8) is 0 Å². The van der Waals surface area contributed by atoms with Gasteiger partial charge >= 0.3 is 0 Å². The van der Waals surface area contributed by atoms with Crippen LogP contribution in [0.4, 0.5) is 0 Å². The van der Waals surface area contributed by atoms with Crippen molar-refractivity contribution in [3.8, 4) is 28.7 Å². The first kappa shape index (κ1) is 37.3. The van der Waals surface area contributed by atoms with Gasteiger partial charge in [0.2, 0.25) is 0 Å². The molecule has 0 fully saturated rings. The molecule has 3 heterocycles. The zero-order valence-corrected chi connectivity index (χ0v) is 34.4. The van der Waals surface area contributed by atoms with Gasteiger partial charge in [0.15, 0.2) is 0 Å². The second kappa shape index (κ2) is 13.5. The Bertz CT molecular complexity index is 2430. The molecule has 0 aliphatic rings. The van der Waals surface area contributed by atoms with Crippen molar-refractivity contribution in [2.75, 3.05) is 0 Å². The van der Waals surface area contributed by atoms with Crippen molar-refractivity contribution in [1.29, 1.82) is 0 Å². The van der Waals surface area contributed by atoms with E-state index in [4.69, 9.17) is 9.72 Å². The Labute approximate surface area is 323 Å². The Morgan fingerprint density at radius 3 is 2.08 bits per heavy atom. The number of ether oxygens (including phenoxy) is 1. The fourth-order valence-electron chi connectivity index (χ4n) is 6.76. The molecule has 0 saturated carbocycles. The average Bonchev–Trinajstić information content (AvgIpc) is 3.56. The molecule has 4 aromatic carbocycles. The van der Waals surface area contributed by atoms with Gasteiger partial charge in [-0.25, -0.2) is 4.98 Å². The topological polar surface area (TPSA) is 35.9 Å². The van der Waals surface area contributed by atoms with Crippen LogP contribution in [-0.4, -0.2) is 14.1 Å². The maximum atomic E-state index is 6.50. The van der Waals surface area contributed by atoms with Crippen LogP contribution in [0.1, 0.15) is 90.4 Å². The van der Waals surface area contributed by atoms with Gasteiger partial charge in [-0.1, -0.05) is 98.2 Å². The zero-order chi connectivity index (χ0) is 36.5. The number of rotatable bonds is 5. The fraction of sp³-hybridized carbons (Fsp3) is 0.304. The second-order valence-electron chi connectivity index (χ2n) is 16.8. The molecule has 0 unspecified atom stereocenters. The molecule has 3 aromatic heterocycles. The van der Waals surface area contributed by atoms with Crippen LogP contribution < -0.4 is 9.30 Å². The van der Waals surface area contributed by atoms with E-state index >= 15 is 0 Å².